The first-order valence-electron chi connectivity index (χ1n) is 2.62. The van der Waals surface area contributed by atoms with Crippen LogP contribution in [0.2, 0.25) is 0 Å². The van der Waals surface area contributed by atoms with Gasteiger partial charge < -0.3 is 5.11 Å². The van der Waals surface area contributed by atoms with Crippen molar-refractivity contribution in [2.75, 3.05) is 5.32 Å². The molecule has 0 atom stereocenters. The highest BCUT2D eigenvalue weighted by Gasteiger charge is 2.06. The van der Waals surface area contributed by atoms with E-state index in [9.17, 15) is 9.59 Å². The maximum atomic E-state index is 10.2. The predicted octanol–water partition coefficient (Wildman–Crippen LogP) is 1.05. The maximum Gasteiger partial charge on any atom is 0.410 e. The minimum absolute atomic E-state index is 0.0949. The fraction of sp³-hybridized carbons (Fsp3) is 0. The van der Waals surface area contributed by atoms with Crippen LogP contribution in [0.4, 0.5) is 10.6 Å². The van der Waals surface area contributed by atoms with Crippen molar-refractivity contribution < 1.29 is 14.7 Å². The van der Waals surface area contributed by atoms with Crippen LogP contribution in [0.15, 0.2) is 5.51 Å². The Morgan fingerprint density at radius 3 is 3.09 bits per heavy atom. The standard InChI is InChI=1S/C5H4N2O3S/c8-1-3-4(6-2-11-3)7-5(9)10/h1-2,7H,(H,9,10). The van der Waals surface area contributed by atoms with Gasteiger partial charge in [0.05, 0.1) is 5.51 Å². The van der Waals surface area contributed by atoms with E-state index in [0.717, 1.165) is 11.3 Å². The molecule has 1 heterocycles. The van der Waals surface area contributed by atoms with Crippen LogP contribution in [0.1, 0.15) is 9.67 Å². The number of aromatic nitrogens is 1. The van der Waals surface area contributed by atoms with Gasteiger partial charge in [0.2, 0.25) is 0 Å². The van der Waals surface area contributed by atoms with Crippen molar-refractivity contribution >= 4 is 29.5 Å². The Morgan fingerprint density at radius 1 is 1.82 bits per heavy atom. The summed E-state index contributed by atoms with van der Waals surface area (Å²) >= 11 is 1.09. The van der Waals surface area contributed by atoms with Crippen molar-refractivity contribution in [2.24, 2.45) is 0 Å². The molecule has 6 heteroatoms. The van der Waals surface area contributed by atoms with E-state index < -0.39 is 6.09 Å². The van der Waals surface area contributed by atoms with Gasteiger partial charge in [-0.25, -0.2) is 9.78 Å². The van der Waals surface area contributed by atoms with Crippen molar-refractivity contribution in [1.82, 2.24) is 4.98 Å². The number of carbonyl (C=O) groups is 2. The average Bonchev–Trinajstić information content (AvgIpc) is 2.34. The summed E-state index contributed by atoms with van der Waals surface area (Å²) in [4.78, 5) is 24.2. The van der Waals surface area contributed by atoms with Gasteiger partial charge in [-0.15, -0.1) is 11.3 Å². The lowest BCUT2D eigenvalue weighted by Gasteiger charge is -1.93. The zero-order valence-electron chi connectivity index (χ0n) is 5.27. The van der Waals surface area contributed by atoms with Crippen LogP contribution in [0.5, 0.6) is 0 Å². The van der Waals surface area contributed by atoms with E-state index in [1.54, 1.807) is 0 Å². The number of nitrogens with one attached hydrogen (secondary N) is 1. The van der Waals surface area contributed by atoms with Crippen molar-refractivity contribution in [2.45, 2.75) is 0 Å². The van der Waals surface area contributed by atoms with Crippen LogP contribution in [0.3, 0.4) is 0 Å². The molecule has 0 saturated heterocycles. The Hall–Kier alpha value is -1.43. The predicted molar refractivity (Wildman–Crippen MR) is 39.1 cm³/mol. The fourth-order valence-electron chi connectivity index (χ4n) is 0.534. The van der Waals surface area contributed by atoms with Crippen LogP contribution in [0, 0.1) is 0 Å². The highest BCUT2D eigenvalue weighted by Crippen LogP contribution is 2.15. The molecule has 2 N–H and O–H groups in total. The number of hydrogen-bond acceptors (Lipinski definition) is 4. The molecule has 0 aliphatic rings. The normalized spacial score (nSPS) is 9.09. The molecule has 0 aliphatic heterocycles. The maximum absolute atomic E-state index is 10.2. The summed E-state index contributed by atoms with van der Waals surface area (Å²) in [6, 6.07) is 0. The van der Waals surface area contributed by atoms with Gasteiger partial charge in [0.25, 0.3) is 0 Å². The molecule has 1 amide bonds. The van der Waals surface area contributed by atoms with Crippen molar-refractivity contribution in [1.29, 1.82) is 0 Å². The number of amides is 1. The van der Waals surface area contributed by atoms with Crippen LogP contribution in [-0.2, 0) is 0 Å². The van der Waals surface area contributed by atoms with Crippen LogP contribution < -0.4 is 5.32 Å². The van der Waals surface area contributed by atoms with Crippen molar-refractivity contribution in [3.8, 4) is 0 Å². The Balaban J connectivity index is 2.84. The van der Waals surface area contributed by atoms with E-state index in [2.05, 4.69) is 4.98 Å². The molecule has 0 aromatic carbocycles. The first-order chi connectivity index (χ1) is 5.24. The van der Waals surface area contributed by atoms with Gasteiger partial charge in [-0.1, -0.05) is 0 Å². The quantitative estimate of drug-likeness (QED) is 0.653. The summed E-state index contributed by atoms with van der Waals surface area (Å²) in [6.45, 7) is 0. The third kappa shape index (κ3) is 1.74. The molecule has 0 spiro atoms. The first kappa shape index (κ1) is 7.67. The number of carboxylic acid groups (broad SMARTS) is 1. The van der Waals surface area contributed by atoms with Gasteiger partial charge in [-0.3, -0.25) is 10.1 Å². The molecule has 58 valence electrons. The van der Waals surface area contributed by atoms with Gasteiger partial charge >= 0.3 is 6.09 Å². The van der Waals surface area contributed by atoms with Crippen molar-refractivity contribution in [3.63, 3.8) is 0 Å². The lowest BCUT2D eigenvalue weighted by atomic mass is 10.5. The van der Waals surface area contributed by atoms with E-state index in [1.165, 1.54) is 5.51 Å². The molecule has 0 fully saturated rings. The molecular formula is C5H4N2O3S. The summed E-state index contributed by atoms with van der Waals surface area (Å²) in [5.74, 6) is 0.0949. The second-order valence-electron chi connectivity index (χ2n) is 1.61. The van der Waals surface area contributed by atoms with Crippen LogP contribution >= 0.6 is 11.3 Å². The molecule has 0 unspecified atom stereocenters. The Bertz CT molecular complexity index is 283. The van der Waals surface area contributed by atoms with Gasteiger partial charge in [0.15, 0.2) is 12.1 Å². The Morgan fingerprint density at radius 2 is 2.55 bits per heavy atom. The largest absolute Gasteiger partial charge is 0.465 e. The van der Waals surface area contributed by atoms with E-state index in [-0.39, 0.29) is 10.7 Å². The van der Waals surface area contributed by atoms with Crippen LogP contribution in [-0.4, -0.2) is 22.5 Å². The number of anilines is 1. The van der Waals surface area contributed by atoms with E-state index in [4.69, 9.17) is 5.11 Å². The number of thiazole rings is 1. The number of nitrogens with zero attached hydrogens (tertiary/aromatic N) is 1. The second-order valence-corrected chi connectivity index (χ2v) is 2.50. The molecule has 11 heavy (non-hydrogen) atoms. The molecule has 0 saturated carbocycles. The summed E-state index contributed by atoms with van der Waals surface area (Å²) in [7, 11) is 0. The number of aldehydes is 1. The molecule has 0 radical (unpaired) electrons. The first-order valence-corrected chi connectivity index (χ1v) is 3.50. The number of carbonyl (C=O) groups excluding carboxylic acids is 1. The van der Waals surface area contributed by atoms with E-state index >= 15 is 0 Å². The third-order valence-corrected chi connectivity index (χ3v) is 1.68. The van der Waals surface area contributed by atoms with E-state index in [1.807, 2.05) is 5.32 Å². The summed E-state index contributed by atoms with van der Waals surface area (Å²) in [5.41, 5.74) is 1.40. The molecule has 1 rings (SSSR count). The lowest BCUT2D eigenvalue weighted by Crippen LogP contribution is -2.08. The van der Waals surface area contributed by atoms with Gasteiger partial charge in [-0.05, 0) is 0 Å². The molecular weight excluding hydrogens is 168 g/mol. The number of hydrogen-bond donors (Lipinski definition) is 2. The smallest absolute Gasteiger partial charge is 0.410 e. The Kier molecular flexibility index (Phi) is 2.17. The van der Waals surface area contributed by atoms with Gasteiger partial charge in [-0.2, -0.15) is 0 Å². The highest BCUT2D eigenvalue weighted by atomic mass is 32.1. The topological polar surface area (TPSA) is 79.3 Å². The fourth-order valence-corrected chi connectivity index (χ4v) is 1.08. The van der Waals surface area contributed by atoms with Gasteiger partial charge in [0, 0.05) is 0 Å². The molecule has 1 aromatic rings. The summed E-state index contributed by atoms with van der Waals surface area (Å²) in [6.07, 6.45) is -0.665. The second kappa shape index (κ2) is 3.11. The minimum Gasteiger partial charge on any atom is -0.465 e. The third-order valence-electron chi connectivity index (χ3n) is 0.927. The summed E-state index contributed by atoms with van der Waals surface area (Å²) in [5, 5.41) is 10.2. The monoisotopic (exact) mass is 172 g/mol. The summed E-state index contributed by atoms with van der Waals surface area (Å²) < 4.78 is 0. The lowest BCUT2D eigenvalue weighted by molar-refractivity contribution is 0.112. The molecule has 0 aliphatic carbocycles. The molecule has 0 bridgehead atoms. The SMILES string of the molecule is O=Cc1scnc1NC(=O)O. The van der Waals surface area contributed by atoms with Gasteiger partial charge in [0.1, 0.15) is 4.88 Å². The zero-order valence-corrected chi connectivity index (χ0v) is 6.09. The zero-order chi connectivity index (χ0) is 8.27. The Labute approximate surface area is 65.7 Å². The van der Waals surface area contributed by atoms with Crippen molar-refractivity contribution in [3.05, 3.63) is 10.4 Å². The molecule has 1 aromatic heterocycles. The molecule has 5 nitrogen and oxygen atoms in total. The minimum atomic E-state index is -1.22. The van der Waals surface area contributed by atoms with E-state index in [0.29, 0.717) is 6.29 Å². The number of rotatable bonds is 2. The average molecular weight is 172 g/mol. The highest BCUT2D eigenvalue weighted by molar-refractivity contribution is 7.11. The van der Waals surface area contributed by atoms with Crippen LogP contribution in [0.25, 0.3) is 0 Å².